The molecule has 1 saturated carbocycles. The van der Waals surface area contributed by atoms with Gasteiger partial charge in [-0.1, -0.05) is 17.7 Å². The van der Waals surface area contributed by atoms with Crippen molar-refractivity contribution in [3.8, 4) is 17.5 Å². The molecule has 0 radical (unpaired) electrons. The average molecular weight is 679 g/mol. The molecule has 2 heterocycles. The molecule has 1 aliphatic heterocycles. The van der Waals surface area contributed by atoms with Crippen LogP contribution in [0.4, 0.5) is 4.39 Å². The molecule has 4 aromatic rings. The maximum Gasteiger partial charge on any atom is 0.333 e. The van der Waals surface area contributed by atoms with Crippen LogP contribution in [0.1, 0.15) is 63.5 Å². The molecule has 2 aliphatic rings. The Morgan fingerprint density at radius 1 is 1.11 bits per heavy atom. The van der Waals surface area contributed by atoms with Gasteiger partial charge < -0.3 is 15.0 Å². The van der Waals surface area contributed by atoms with Gasteiger partial charge in [0.1, 0.15) is 17.3 Å². The summed E-state index contributed by atoms with van der Waals surface area (Å²) in [4.78, 5) is 42.8. The van der Waals surface area contributed by atoms with Gasteiger partial charge in [-0.3, -0.25) is 18.7 Å². The van der Waals surface area contributed by atoms with Crippen molar-refractivity contribution in [2.24, 2.45) is 0 Å². The number of rotatable bonds is 7. The molecule has 1 aromatic heterocycles. The number of amides is 2. The fourth-order valence-electron chi connectivity index (χ4n) is 5.26. The summed E-state index contributed by atoms with van der Waals surface area (Å²) in [6.45, 7) is 2.01. The summed E-state index contributed by atoms with van der Waals surface area (Å²) in [6.07, 6.45) is 2.19. The van der Waals surface area contributed by atoms with Crippen LogP contribution < -0.4 is 15.7 Å². The third kappa shape index (κ3) is 5.75. The van der Waals surface area contributed by atoms with Gasteiger partial charge in [-0.25, -0.2) is 9.18 Å². The Balaban J connectivity index is 1.38. The molecule has 0 unspecified atom stereocenters. The van der Waals surface area contributed by atoms with E-state index in [1.807, 2.05) is 6.07 Å². The number of hydrogen-bond acceptors (Lipinski definition) is 5. The highest BCUT2D eigenvalue weighted by Gasteiger charge is 2.33. The first kappa shape index (κ1) is 29.7. The first-order valence-corrected chi connectivity index (χ1v) is 15.2. The second kappa shape index (κ2) is 11.9. The topological polar surface area (TPSA) is 109 Å². The molecule has 6 rings (SSSR count). The summed E-state index contributed by atoms with van der Waals surface area (Å²) in [5, 5.41) is 12.3. The molecule has 1 atom stereocenters. The summed E-state index contributed by atoms with van der Waals surface area (Å²) >= 11 is 9.57. The standard InChI is InChI=1S/C32H26BrClFN5O4/c1-18(24-10-2-19(16-36)14-27(24)35)37-30(41)29-28-17-38(31(42)20-3-11-25(33)26(34)15-20)12-13-39(28)32(43)40(29)21-4-6-22(7-5-21)44-23-8-9-23/h2-7,10-11,14-15,18,23H,8-9,12-13,17H2,1H3,(H,37,41)/t18-/m1/s1. The van der Waals surface area contributed by atoms with Crippen LogP contribution in [0.2, 0.25) is 5.02 Å². The third-order valence-electron chi connectivity index (χ3n) is 7.71. The van der Waals surface area contributed by atoms with Crippen molar-refractivity contribution in [2.45, 2.75) is 45.0 Å². The molecular weight excluding hydrogens is 653 g/mol. The second-order valence-corrected chi connectivity index (χ2v) is 12.0. The van der Waals surface area contributed by atoms with Crippen molar-refractivity contribution in [3.05, 3.63) is 115 Å². The number of carbonyl (C=O) groups excluding carboxylic acids is 2. The monoisotopic (exact) mass is 677 g/mol. The first-order chi connectivity index (χ1) is 21.1. The van der Waals surface area contributed by atoms with E-state index in [4.69, 9.17) is 21.6 Å². The normalized spacial score (nSPS) is 14.8. The second-order valence-electron chi connectivity index (χ2n) is 10.8. The molecule has 0 bridgehead atoms. The molecule has 2 amide bonds. The Bertz CT molecular complexity index is 1890. The zero-order chi connectivity index (χ0) is 31.1. The highest BCUT2D eigenvalue weighted by Crippen LogP contribution is 2.29. The highest BCUT2D eigenvalue weighted by atomic mass is 79.9. The van der Waals surface area contributed by atoms with Crippen molar-refractivity contribution in [2.75, 3.05) is 6.54 Å². The lowest BCUT2D eigenvalue weighted by Crippen LogP contribution is -2.41. The van der Waals surface area contributed by atoms with E-state index in [9.17, 15) is 18.8 Å². The van der Waals surface area contributed by atoms with Crippen molar-refractivity contribution in [1.29, 1.82) is 5.26 Å². The Morgan fingerprint density at radius 2 is 1.86 bits per heavy atom. The van der Waals surface area contributed by atoms with Gasteiger partial charge in [0.2, 0.25) is 0 Å². The number of nitrogens with zero attached hydrogens (tertiary/aromatic N) is 4. The zero-order valence-corrected chi connectivity index (χ0v) is 25.9. The molecule has 9 nitrogen and oxygen atoms in total. The Labute approximate surface area is 265 Å². The van der Waals surface area contributed by atoms with Crippen LogP contribution >= 0.6 is 27.5 Å². The highest BCUT2D eigenvalue weighted by molar-refractivity contribution is 9.10. The van der Waals surface area contributed by atoms with E-state index in [-0.39, 0.29) is 48.5 Å². The number of carbonyl (C=O) groups is 2. The van der Waals surface area contributed by atoms with Crippen LogP contribution in [0.3, 0.4) is 0 Å². The van der Waals surface area contributed by atoms with Gasteiger partial charge in [0, 0.05) is 28.7 Å². The molecule has 224 valence electrons. The number of ether oxygens (including phenoxy) is 1. The maximum atomic E-state index is 14.8. The molecule has 0 saturated heterocycles. The Kier molecular flexibility index (Phi) is 8.05. The van der Waals surface area contributed by atoms with Gasteiger partial charge in [-0.15, -0.1) is 0 Å². The molecule has 0 spiro atoms. The van der Waals surface area contributed by atoms with Crippen molar-refractivity contribution in [3.63, 3.8) is 0 Å². The third-order valence-corrected chi connectivity index (χ3v) is 8.95. The molecular formula is C32H26BrClFN5O4. The minimum atomic E-state index is -0.796. The molecule has 3 aromatic carbocycles. The van der Waals surface area contributed by atoms with E-state index < -0.39 is 23.5 Å². The van der Waals surface area contributed by atoms with Crippen LogP contribution in [-0.4, -0.2) is 38.5 Å². The van der Waals surface area contributed by atoms with Crippen LogP contribution in [0.5, 0.6) is 5.75 Å². The van der Waals surface area contributed by atoms with Crippen molar-refractivity contribution in [1.82, 2.24) is 19.4 Å². The number of fused-ring (bicyclic) bond motifs is 1. The summed E-state index contributed by atoms with van der Waals surface area (Å²) < 4.78 is 24.1. The van der Waals surface area contributed by atoms with Crippen LogP contribution in [0.25, 0.3) is 5.69 Å². The minimum Gasteiger partial charge on any atom is -0.490 e. The Hall–Kier alpha value is -4.40. The van der Waals surface area contributed by atoms with Gasteiger partial charge in [0.05, 0.1) is 46.7 Å². The number of hydrogen-bond donors (Lipinski definition) is 1. The lowest BCUT2D eigenvalue weighted by atomic mass is 10.1. The molecule has 1 N–H and O–H groups in total. The zero-order valence-electron chi connectivity index (χ0n) is 23.5. The first-order valence-electron chi connectivity index (χ1n) is 14.0. The number of nitrogens with one attached hydrogen (secondary N) is 1. The number of aromatic nitrogens is 2. The van der Waals surface area contributed by atoms with E-state index in [0.717, 1.165) is 18.9 Å². The van der Waals surface area contributed by atoms with Crippen LogP contribution in [0, 0.1) is 17.1 Å². The largest absolute Gasteiger partial charge is 0.490 e. The predicted molar refractivity (Wildman–Crippen MR) is 165 cm³/mol. The summed E-state index contributed by atoms with van der Waals surface area (Å²) in [5.41, 5.74) is 1.11. The number of nitriles is 1. The predicted octanol–water partition coefficient (Wildman–Crippen LogP) is 5.75. The van der Waals surface area contributed by atoms with E-state index in [1.165, 1.54) is 21.3 Å². The van der Waals surface area contributed by atoms with Crippen LogP contribution in [-0.2, 0) is 13.1 Å². The SMILES string of the molecule is C[C@@H](NC(=O)c1c2n(c(=O)n1-c1ccc(OC3CC3)cc1)CCN(C(=O)c1ccc(Br)c(Cl)c1)C2)c1ccc(C#N)cc1F. The van der Waals surface area contributed by atoms with Crippen LogP contribution in [0.15, 0.2) is 69.9 Å². The van der Waals surface area contributed by atoms with Gasteiger partial charge in [0.15, 0.2) is 0 Å². The molecule has 1 fully saturated rings. The van der Waals surface area contributed by atoms with Gasteiger partial charge in [-0.05, 0) is 90.3 Å². The van der Waals surface area contributed by atoms with E-state index in [0.29, 0.717) is 32.2 Å². The van der Waals surface area contributed by atoms with E-state index >= 15 is 0 Å². The summed E-state index contributed by atoms with van der Waals surface area (Å²) in [5.74, 6) is -0.892. The Morgan fingerprint density at radius 3 is 2.52 bits per heavy atom. The number of halogens is 3. The quantitative estimate of drug-likeness (QED) is 0.268. The van der Waals surface area contributed by atoms with Gasteiger partial charge in [-0.2, -0.15) is 5.26 Å². The summed E-state index contributed by atoms with van der Waals surface area (Å²) in [6, 6.07) is 16.9. The lowest BCUT2D eigenvalue weighted by Gasteiger charge is -2.28. The molecule has 44 heavy (non-hydrogen) atoms. The molecule has 12 heteroatoms. The smallest absolute Gasteiger partial charge is 0.333 e. The van der Waals surface area contributed by atoms with E-state index in [1.54, 1.807) is 54.3 Å². The summed E-state index contributed by atoms with van der Waals surface area (Å²) in [7, 11) is 0. The van der Waals surface area contributed by atoms with Crippen molar-refractivity contribution >= 4 is 39.3 Å². The van der Waals surface area contributed by atoms with Crippen molar-refractivity contribution < 1.29 is 18.7 Å². The lowest BCUT2D eigenvalue weighted by molar-refractivity contribution is 0.0706. The fourth-order valence-corrected chi connectivity index (χ4v) is 5.69. The minimum absolute atomic E-state index is 0.0139. The number of imidazole rings is 1. The van der Waals surface area contributed by atoms with E-state index in [2.05, 4.69) is 21.2 Å². The van der Waals surface area contributed by atoms with Gasteiger partial charge >= 0.3 is 5.69 Å². The number of benzene rings is 3. The average Bonchev–Trinajstić information content (AvgIpc) is 3.79. The van der Waals surface area contributed by atoms with Gasteiger partial charge in [0.25, 0.3) is 11.8 Å². The molecule has 1 aliphatic carbocycles. The fraction of sp³-hybridized carbons (Fsp3) is 0.250. The maximum absolute atomic E-state index is 14.8.